The Kier molecular flexibility index (Phi) is 1.96. The summed E-state index contributed by atoms with van der Waals surface area (Å²) >= 11 is 0. The topological polar surface area (TPSA) is 57.8 Å². The highest BCUT2D eigenvalue weighted by atomic mass is 16.1. The molecule has 3 rings (SSSR count). The van der Waals surface area contributed by atoms with Gasteiger partial charge in [0.1, 0.15) is 0 Å². The van der Waals surface area contributed by atoms with Crippen molar-refractivity contribution in [1.82, 2.24) is 10.2 Å². The largest absolute Gasteiger partial charge is 0.329 e. The second kappa shape index (κ2) is 3.33. The van der Waals surface area contributed by atoms with Crippen LogP contribution in [0.2, 0.25) is 0 Å². The third-order valence-electron chi connectivity index (χ3n) is 3.12. The highest BCUT2D eigenvalue weighted by Gasteiger charge is 2.27. The van der Waals surface area contributed by atoms with Gasteiger partial charge in [-0.1, -0.05) is 0 Å². The summed E-state index contributed by atoms with van der Waals surface area (Å²) in [7, 11) is 0. The number of H-pyrrole nitrogens is 1. The van der Waals surface area contributed by atoms with Crippen LogP contribution < -0.4 is 5.32 Å². The number of aromatic nitrogens is 2. The Bertz CT molecular complexity index is 555. The minimum Gasteiger partial charge on any atom is -0.329 e. The number of carbonyl (C=O) groups excluding carboxylic acids is 1. The van der Waals surface area contributed by atoms with Crippen molar-refractivity contribution in [2.75, 3.05) is 5.32 Å². The van der Waals surface area contributed by atoms with E-state index < -0.39 is 0 Å². The molecule has 4 heteroatoms. The van der Waals surface area contributed by atoms with Crippen LogP contribution in [0.3, 0.4) is 0 Å². The van der Waals surface area contributed by atoms with Gasteiger partial charge in [0.25, 0.3) is 0 Å². The van der Waals surface area contributed by atoms with E-state index >= 15 is 0 Å². The maximum absolute atomic E-state index is 10.5. The van der Waals surface area contributed by atoms with E-state index in [9.17, 15) is 4.79 Å². The highest BCUT2D eigenvalue weighted by molar-refractivity contribution is 5.90. The molecule has 0 atom stereocenters. The third kappa shape index (κ3) is 1.38. The standard InChI is InChI=1S/C12H13N3O/c1-7-10-4-9(13-6-16)5-11(8-2-3-8)12(10)15-14-7/h4-6,8H,2-3H2,1H3,(H,13,16)(H,14,15). The molecule has 1 aliphatic carbocycles. The molecule has 0 unspecified atom stereocenters. The number of benzene rings is 1. The maximum atomic E-state index is 10.5. The maximum Gasteiger partial charge on any atom is 0.211 e. The van der Waals surface area contributed by atoms with Crippen LogP contribution >= 0.6 is 0 Å². The number of hydrogen-bond acceptors (Lipinski definition) is 2. The number of nitrogens with zero attached hydrogens (tertiary/aromatic N) is 1. The molecule has 0 bridgehead atoms. The van der Waals surface area contributed by atoms with Gasteiger partial charge in [-0.2, -0.15) is 5.10 Å². The number of aryl methyl sites for hydroxylation is 1. The Balaban J connectivity index is 2.23. The summed E-state index contributed by atoms with van der Waals surface area (Å²) in [5.74, 6) is 0.624. The summed E-state index contributed by atoms with van der Waals surface area (Å²) < 4.78 is 0. The van der Waals surface area contributed by atoms with Crippen LogP contribution in [0.5, 0.6) is 0 Å². The van der Waals surface area contributed by atoms with Crippen LogP contribution in [0.1, 0.15) is 30.0 Å². The van der Waals surface area contributed by atoms with Gasteiger partial charge in [0.15, 0.2) is 0 Å². The van der Waals surface area contributed by atoms with E-state index in [1.807, 2.05) is 19.1 Å². The predicted octanol–water partition coefficient (Wildman–Crippen LogP) is 2.32. The molecule has 0 spiro atoms. The zero-order chi connectivity index (χ0) is 11.1. The molecule has 1 aromatic heterocycles. The molecule has 1 fully saturated rings. The molecule has 4 nitrogen and oxygen atoms in total. The van der Waals surface area contributed by atoms with E-state index in [0.717, 1.165) is 22.3 Å². The second-order valence-electron chi connectivity index (χ2n) is 4.35. The molecular formula is C12H13N3O. The van der Waals surface area contributed by atoms with Gasteiger partial charge in [0.05, 0.1) is 5.52 Å². The van der Waals surface area contributed by atoms with Gasteiger partial charge in [0, 0.05) is 16.8 Å². The molecule has 2 N–H and O–H groups in total. The number of nitrogens with one attached hydrogen (secondary N) is 2. The van der Waals surface area contributed by atoms with Crippen molar-refractivity contribution in [2.24, 2.45) is 0 Å². The van der Waals surface area contributed by atoms with Gasteiger partial charge in [0.2, 0.25) is 6.41 Å². The summed E-state index contributed by atoms with van der Waals surface area (Å²) in [4.78, 5) is 10.5. The van der Waals surface area contributed by atoms with Gasteiger partial charge in [-0.15, -0.1) is 0 Å². The Morgan fingerprint density at radius 1 is 1.50 bits per heavy atom. The van der Waals surface area contributed by atoms with Gasteiger partial charge in [-0.25, -0.2) is 0 Å². The fraction of sp³-hybridized carbons (Fsp3) is 0.333. The average molecular weight is 215 g/mol. The summed E-state index contributed by atoms with van der Waals surface area (Å²) in [6.07, 6.45) is 3.17. The third-order valence-corrected chi connectivity index (χ3v) is 3.12. The van der Waals surface area contributed by atoms with E-state index in [1.165, 1.54) is 18.4 Å². The zero-order valence-corrected chi connectivity index (χ0v) is 9.08. The van der Waals surface area contributed by atoms with Crippen LogP contribution in [0.25, 0.3) is 10.9 Å². The van der Waals surface area contributed by atoms with E-state index in [4.69, 9.17) is 0 Å². The van der Waals surface area contributed by atoms with E-state index in [1.54, 1.807) is 0 Å². The number of amides is 1. The van der Waals surface area contributed by atoms with E-state index in [0.29, 0.717) is 12.3 Å². The van der Waals surface area contributed by atoms with Crippen LogP contribution in [0, 0.1) is 6.92 Å². The lowest BCUT2D eigenvalue weighted by Gasteiger charge is -2.04. The number of carbonyl (C=O) groups is 1. The molecule has 1 aromatic carbocycles. The minimum absolute atomic E-state index is 0.624. The van der Waals surface area contributed by atoms with Crippen LogP contribution in [-0.2, 0) is 4.79 Å². The quantitative estimate of drug-likeness (QED) is 0.772. The monoisotopic (exact) mass is 215 g/mol. The molecule has 1 saturated carbocycles. The first-order valence-corrected chi connectivity index (χ1v) is 5.48. The number of fused-ring (bicyclic) bond motifs is 1. The van der Waals surface area contributed by atoms with Crippen LogP contribution in [-0.4, -0.2) is 16.6 Å². The van der Waals surface area contributed by atoms with Crippen molar-refractivity contribution < 1.29 is 4.79 Å². The molecule has 0 aliphatic heterocycles. The molecular weight excluding hydrogens is 202 g/mol. The molecule has 2 aromatic rings. The fourth-order valence-electron chi connectivity index (χ4n) is 2.12. The Labute approximate surface area is 93.0 Å². The van der Waals surface area contributed by atoms with Crippen molar-refractivity contribution in [3.63, 3.8) is 0 Å². The average Bonchev–Trinajstić information content (AvgIpc) is 3.05. The van der Waals surface area contributed by atoms with Gasteiger partial charge in [-0.05, 0) is 43.4 Å². The fourth-order valence-corrected chi connectivity index (χ4v) is 2.12. The van der Waals surface area contributed by atoms with Crippen LogP contribution in [0.15, 0.2) is 12.1 Å². The summed E-state index contributed by atoms with van der Waals surface area (Å²) in [5.41, 5.74) is 4.21. The summed E-state index contributed by atoms with van der Waals surface area (Å²) in [5, 5.41) is 11.2. The molecule has 16 heavy (non-hydrogen) atoms. The van der Waals surface area contributed by atoms with Gasteiger partial charge < -0.3 is 5.32 Å². The van der Waals surface area contributed by atoms with Gasteiger partial charge in [-0.3, -0.25) is 9.89 Å². The van der Waals surface area contributed by atoms with Crippen LogP contribution in [0.4, 0.5) is 5.69 Å². The SMILES string of the molecule is Cc1[nH]nc2c(C3CC3)cc(NC=O)cc12. The van der Waals surface area contributed by atoms with Gasteiger partial charge >= 0.3 is 0 Å². The van der Waals surface area contributed by atoms with Crippen molar-refractivity contribution in [3.8, 4) is 0 Å². The Morgan fingerprint density at radius 2 is 2.31 bits per heavy atom. The lowest BCUT2D eigenvalue weighted by atomic mass is 10.0. The molecule has 82 valence electrons. The Hall–Kier alpha value is -1.84. The Morgan fingerprint density at radius 3 is 3.00 bits per heavy atom. The smallest absolute Gasteiger partial charge is 0.211 e. The second-order valence-corrected chi connectivity index (χ2v) is 4.35. The first-order valence-electron chi connectivity index (χ1n) is 5.48. The highest BCUT2D eigenvalue weighted by Crippen LogP contribution is 2.44. The van der Waals surface area contributed by atoms with Crippen molar-refractivity contribution in [1.29, 1.82) is 0 Å². The molecule has 1 amide bonds. The number of aromatic amines is 1. The van der Waals surface area contributed by atoms with E-state index in [2.05, 4.69) is 15.5 Å². The lowest BCUT2D eigenvalue weighted by molar-refractivity contribution is -0.105. The van der Waals surface area contributed by atoms with Crippen molar-refractivity contribution >= 4 is 23.0 Å². The molecule has 0 radical (unpaired) electrons. The molecule has 1 heterocycles. The lowest BCUT2D eigenvalue weighted by Crippen LogP contribution is -1.95. The molecule has 0 saturated heterocycles. The first-order chi connectivity index (χ1) is 7.79. The van der Waals surface area contributed by atoms with Crippen molar-refractivity contribution in [3.05, 3.63) is 23.4 Å². The number of anilines is 1. The number of rotatable bonds is 3. The molecule has 1 aliphatic rings. The predicted molar refractivity (Wildman–Crippen MR) is 62.5 cm³/mol. The van der Waals surface area contributed by atoms with E-state index in [-0.39, 0.29) is 0 Å². The first kappa shape index (κ1) is 9.39. The normalized spacial score (nSPS) is 15.3. The van der Waals surface area contributed by atoms with Crippen molar-refractivity contribution in [2.45, 2.75) is 25.7 Å². The summed E-state index contributed by atoms with van der Waals surface area (Å²) in [6.45, 7) is 2.00. The minimum atomic E-state index is 0.624. The zero-order valence-electron chi connectivity index (χ0n) is 9.08. The summed E-state index contributed by atoms with van der Waals surface area (Å²) in [6, 6.07) is 4.00. The number of hydrogen-bond donors (Lipinski definition) is 2.